The fourth-order valence-electron chi connectivity index (χ4n) is 3.36. The normalized spacial score (nSPS) is 14.2. The van der Waals surface area contributed by atoms with Gasteiger partial charge in [-0.2, -0.15) is 0 Å². The van der Waals surface area contributed by atoms with Gasteiger partial charge in [0.2, 0.25) is 5.91 Å². The SMILES string of the molecule is Cc1cccc2c(=O)n(CC(=O)NCc3ccc(N4CCOCC4)nc3)cnc12. The van der Waals surface area contributed by atoms with E-state index in [-0.39, 0.29) is 18.0 Å². The van der Waals surface area contributed by atoms with Crippen molar-refractivity contribution in [1.82, 2.24) is 19.9 Å². The summed E-state index contributed by atoms with van der Waals surface area (Å²) in [5.74, 6) is 0.658. The van der Waals surface area contributed by atoms with E-state index in [0.29, 0.717) is 30.7 Å². The van der Waals surface area contributed by atoms with Crippen LogP contribution in [0, 0.1) is 6.92 Å². The van der Waals surface area contributed by atoms with Gasteiger partial charge in [-0.25, -0.2) is 9.97 Å². The molecule has 1 amide bonds. The van der Waals surface area contributed by atoms with Crippen molar-refractivity contribution in [2.45, 2.75) is 20.0 Å². The van der Waals surface area contributed by atoms with Crippen molar-refractivity contribution in [3.63, 3.8) is 0 Å². The molecular weight excluding hydrogens is 370 g/mol. The number of carbonyl (C=O) groups excluding carboxylic acids is 1. The molecule has 3 heterocycles. The van der Waals surface area contributed by atoms with Crippen LogP contribution >= 0.6 is 0 Å². The highest BCUT2D eigenvalue weighted by Crippen LogP contribution is 2.13. The Balaban J connectivity index is 1.37. The molecule has 150 valence electrons. The number of pyridine rings is 1. The van der Waals surface area contributed by atoms with Gasteiger partial charge in [0, 0.05) is 25.8 Å². The van der Waals surface area contributed by atoms with E-state index in [4.69, 9.17) is 4.74 Å². The molecule has 1 N–H and O–H groups in total. The van der Waals surface area contributed by atoms with Crippen molar-refractivity contribution in [3.05, 3.63) is 64.3 Å². The highest BCUT2D eigenvalue weighted by atomic mass is 16.5. The number of fused-ring (bicyclic) bond motifs is 1. The van der Waals surface area contributed by atoms with E-state index in [9.17, 15) is 9.59 Å². The minimum atomic E-state index is -0.252. The Labute approximate surface area is 168 Å². The molecule has 1 aromatic carbocycles. The number of nitrogens with zero attached hydrogens (tertiary/aromatic N) is 4. The van der Waals surface area contributed by atoms with Gasteiger partial charge in [-0.15, -0.1) is 0 Å². The van der Waals surface area contributed by atoms with Crippen LogP contribution in [0.4, 0.5) is 5.82 Å². The van der Waals surface area contributed by atoms with Crippen molar-refractivity contribution in [2.75, 3.05) is 31.2 Å². The van der Waals surface area contributed by atoms with Crippen LogP contribution in [-0.4, -0.2) is 46.7 Å². The van der Waals surface area contributed by atoms with E-state index in [2.05, 4.69) is 20.2 Å². The first-order valence-electron chi connectivity index (χ1n) is 9.61. The number of para-hydroxylation sites is 1. The third-order valence-electron chi connectivity index (χ3n) is 5.00. The average molecular weight is 393 g/mol. The second-order valence-corrected chi connectivity index (χ2v) is 7.05. The van der Waals surface area contributed by atoms with E-state index >= 15 is 0 Å². The fraction of sp³-hybridized carbons (Fsp3) is 0.333. The molecule has 29 heavy (non-hydrogen) atoms. The Morgan fingerprint density at radius 1 is 1.17 bits per heavy atom. The van der Waals surface area contributed by atoms with Crippen molar-refractivity contribution >= 4 is 22.6 Å². The Morgan fingerprint density at radius 2 is 2.00 bits per heavy atom. The maximum atomic E-state index is 12.6. The number of aryl methyl sites for hydroxylation is 1. The van der Waals surface area contributed by atoms with Crippen LogP contribution in [-0.2, 0) is 22.6 Å². The number of nitrogens with one attached hydrogen (secondary N) is 1. The molecule has 8 nitrogen and oxygen atoms in total. The van der Waals surface area contributed by atoms with Gasteiger partial charge < -0.3 is 15.0 Å². The van der Waals surface area contributed by atoms with Crippen LogP contribution in [0.2, 0.25) is 0 Å². The Morgan fingerprint density at radius 3 is 2.76 bits per heavy atom. The minimum Gasteiger partial charge on any atom is -0.378 e. The summed E-state index contributed by atoms with van der Waals surface area (Å²) in [5.41, 5.74) is 2.28. The number of ether oxygens (including phenoxy) is 1. The van der Waals surface area contributed by atoms with Crippen LogP contribution in [0.15, 0.2) is 47.7 Å². The number of hydrogen-bond acceptors (Lipinski definition) is 6. The van der Waals surface area contributed by atoms with Gasteiger partial charge in [-0.1, -0.05) is 18.2 Å². The number of aromatic nitrogens is 3. The number of carbonyl (C=O) groups is 1. The topological polar surface area (TPSA) is 89.4 Å². The second-order valence-electron chi connectivity index (χ2n) is 7.05. The lowest BCUT2D eigenvalue weighted by Gasteiger charge is -2.27. The first-order valence-corrected chi connectivity index (χ1v) is 9.61. The zero-order chi connectivity index (χ0) is 20.2. The summed E-state index contributed by atoms with van der Waals surface area (Å²) >= 11 is 0. The molecule has 8 heteroatoms. The molecule has 0 aliphatic carbocycles. The standard InChI is InChI=1S/C21H23N5O3/c1-15-3-2-4-17-20(15)24-14-26(21(17)28)13-19(27)23-12-16-5-6-18(22-11-16)25-7-9-29-10-8-25/h2-6,11,14H,7-10,12-13H2,1H3,(H,23,27). The second kappa shape index (κ2) is 8.40. The van der Waals surface area contributed by atoms with E-state index < -0.39 is 0 Å². The third-order valence-corrected chi connectivity index (χ3v) is 5.00. The Hall–Kier alpha value is -3.26. The monoisotopic (exact) mass is 393 g/mol. The molecule has 4 rings (SSSR count). The summed E-state index contributed by atoms with van der Waals surface area (Å²) in [5, 5.41) is 3.35. The van der Waals surface area contributed by atoms with Crippen LogP contribution < -0.4 is 15.8 Å². The summed E-state index contributed by atoms with van der Waals surface area (Å²) in [6, 6.07) is 9.36. The predicted octanol–water partition coefficient (Wildman–Crippen LogP) is 1.25. The smallest absolute Gasteiger partial charge is 0.261 e. The minimum absolute atomic E-state index is 0.0744. The highest BCUT2D eigenvalue weighted by Gasteiger charge is 2.12. The summed E-state index contributed by atoms with van der Waals surface area (Å²) < 4.78 is 6.68. The van der Waals surface area contributed by atoms with Crippen LogP contribution in [0.25, 0.3) is 10.9 Å². The molecule has 0 spiro atoms. The molecule has 2 aromatic heterocycles. The summed E-state index contributed by atoms with van der Waals surface area (Å²) in [6.45, 7) is 5.27. The van der Waals surface area contributed by atoms with Gasteiger partial charge in [0.1, 0.15) is 12.4 Å². The zero-order valence-electron chi connectivity index (χ0n) is 16.3. The molecule has 1 saturated heterocycles. The van der Waals surface area contributed by atoms with Crippen LogP contribution in [0.3, 0.4) is 0 Å². The van der Waals surface area contributed by atoms with E-state index in [1.165, 1.54) is 10.9 Å². The van der Waals surface area contributed by atoms with Crippen LogP contribution in [0.5, 0.6) is 0 Å². The van der Waals surface area contributed by atoms with Crippen molar-refractivity contribution in [3.8, 4) is 0 Å². The van der Waals surface area contributed by atoms with Gasteiger partial charge in [0.15, 0.2) is 0 Å². The molecule has 0 bridgehead atoms. The zero-order valence-corrected chi connectivity index (χ0v) is 16.3. The van der Waals surface area contributed by atoms with Gasteiger partial charge in [0.25, 0.3) is 5.56 Å². The maximum absolute atomic E-state index is 12.6. The predicted molar refractivity (Wildman–Crippen MR) is 110 cm³/mol. The number of benzene rings is 1. The van der Waals surface area contributed by atoms with E-state index in [0.717, 1.165) is 30.0 Å². The molecule has 0 radical (unpaired) electrons. The largest absolute Gasteiger partial charge is 0.378 e. The fourth-order valence-corrected chi connectivity index (χ4v) is 3.36. The number of morpholine rings is 1. The molecule has 0 saturated carbocycles. The van der Waals surface area contributed by atoms with Crippen molar-refractivity contribution in [1.29, 1.82) is 0 Å². The Kier molecular flexibility index (Phi) is 5.53. The quantitative estimate of drug-likeness (QED) is 0.702. The van der Waals surface area contributed by atoms with E-state index in [1.54, 1.807) is 12.3 Å². The number of anilines is 1. The van der Waals surface area contributed by atoms with Gasteiger partial charge in [-0.3, -0.25) is 14.2 Å². The lowest BCUT2D eigenvalue weighted by atomic mass is 10.1. The molecule has 3 aromatic rings. The molecule has 0 atom stereocenters. The molecular formula is C21H23N5O3. The van der Waals surface area contributed by atoms with Gasteiger partial charge in [0.05, 0.1) is 30.4 Å². The van der Waals surface area contributed by atoms with E-state index in [1.807, 2.05) is 31.2 Å². The number of rotatable bonds is 5. The molecule has 0 unspecified atom stereocenters. The number of amides is 1. The Bertz CT molecular complexity index is 1070. The highest BCUT2D eigenvalue weighted by molar-refractivity contribution is 5.81. The van der Waals surface area contributed by atoms with Gasteiger partial charge >= 0.3 is 0 Å². The summed E-state index contributed by atoms with van der Waals surface area (Å²) in [7, 11) is 0. The number of hydrogen-bond donors (Lipinski definition) is 1. The van der Waals surface area contributed by atoms with Crippen LogP contribution in [0.1, 0.15) is 11.1 Å². The molecule has 1 fully saturated rings. The van der Waals surface area contributed by atoms with Crippen molar-refractivity contribution < 1.29 is 9.53 Å². The summed E-state index contributed by atoms with van der Waals surface area (Å²) in [6.07, 6.45) is 3.19. The maximum Gasteiger partial charge on any atom is 0.261 e. The van der Waals surface area contributed by atoms with Crippen molar-refractivity contribution in [2.24, 2.45) is 0 Å². The average Bonchev–Trinajstić information content (AvgIpc) is 2.76. The third kappa shape index (κ3) is 4.27. The van der Waals surface area contributed by atoms with Gasteiger partial charge in [-0.05, 0) is 30.2 Å². The first kappa shape index (κ1) is 19.1. The first-order chi connectivity index (χ1) is 14.1. The summed E-state index contributed by atoms with van der Waals surface area (Å²) in [4.78, 5) is 35.9. The molecule has 1 aliphatic heterocycles. The molecule has 1 aliphatic rings. The lowest BCUT2D eigenvalue weighted by Crippen LogP contribution is -2.36. The lowest BCUT2D eigenvalue weighted by molar-refractivity contribution is -0.121.